The zero-order valence-corrected chi connectivity index (χ0v) is 18.9. The Morgan fingerprint density at radius 2 is 1.56 bits per heavy atom. The van der Waals surface area contributed by atoms with Crippen molar-refractivity contribution in [1.82, 2.24) is 4.90 Å². The number of amides is 3. The first-order chi connectivity index (χ1) is 16.6. The zero-order valence-electron chi connectivity index (χ0n) is 18.9. The van der Waals surface area contributed by atoms with Gasteiger partial charge in [0.2, 0.25) is 5.91 Å². The van der Waals surface area contributed by atoms with Gasteiger partial charge in [-0.15, -0.1) is 0 Å². The van der Waals surface area contributed by atoms with Crippen molar-refractivity contribution in [1.29, 1.82) is 0 Å². The molecule has 1 fully saturated rings. The quantitative estimate of drug-likeness (QED) is 0.459. The van der Waals surface area contributed by atoms with Crippen molar-refractivity contribution in [2.75, 3.05) is 25.2 Å². The van der Waals surface area contributed by atoms with Crippen LogP contribution in [0.15, 0.2) is 84.9 Å². The second-order valence-electron chi connectivity index (χ2n) is 7.91. The fourth-order valence-corrected chi connectivity index (χ4v) is 3.96. The lowest BCUT2D eigenvalue weighted by molar-refractivity contribution is -0.140. The standard InChI is InChI=1S/C27H26N2O5/c1-33-22-14-12-21(13-15-22)29-25(30)18-24(27(29)32)28(17-16-20-8-4-2-5-9-20)26(31)19-34-23-10-6-3-7-11-23/h2-15,24H,16-19H2,1H3. The first-order valence-electron chi connectivity index (χ1n) is 11.1. The van der Waals surface area contributed by atoms with E-state index in [2.05, 4.69) is 0 Å². The molecule has 1 aliphatic heterocycles. The Hall–Kier alpha value is -4.13. The molecule has 0 N–H and O–H groups in total. The van der Waals surface area contributed by atoms with Crippen LogP contribution in [0.5, 0.6) is 11.5 Å². The SMILES string of the molecule is COc1ccc(N2C(=O)CC(N(CCc3ccccc3)C(=O)COc3ccccc3)C2=O)cc1. The highest BCUT2D eigenvalue weighted by molar-refractivity contribution is 6.23. The van der Waals surface area contributed by atoms with E-state index in [-0.39, 0.29) is 24.8 Å². The minimum absolute atomic E-state index is 0.0727. The summed E-state index contributed by atoms with van der Waals surface area (Å²) in [5.41, 5.74) is 1.49. The van der Waals surface area contributed by atoms with E-state index in [0.717, 1.165) is 10.5 Å². The number of carbonyl (C=O) groups is 3. The Morgan fingerprint density at radius 3 is 2.21 bits per heavy atom. The van der Waals surface area contributed by atoms with Crippen LogP contribution in [0.25, 0.3) is 0 Å². The van der Waals surface area contributed by atoms with Crippen LogP contribution in [-0.4, -0.2) is 48.9 Å². The molecule has 1 atom stereocenters. The van der Waals surface area contributed by atoms with Crippen LogP contribution in [-0.2, 0) is 20.8 Å². The van der Waals surface area contributed by atoms with Crippen molar-refractivity contribution in [3.8, 4) is 11.5 Å². The van der Waals surface area contributed by atoms with Crippen LogP contribution in [0.1, 0.15) is 12.0 Å². The maximum atomic E-state index is 13.3. The first-order valence-corrected chi connectivity index (χ1v) is 11.1. The largest absolute Gasteiger partial charge is 0.497 e. The zero-order chi connectivity index (χ0) is 23.9. The molecule has 1 saturated heterocycles. The lowest BCUT2D eigenvalue weighted by Crippen LogP contribution is -2.48. The molecule has 3 aromatic carbocycles. The topological polar surface area (TPSA) is 76.2 Å². The van der Waals surface area contributed by atoms with Crippen molar-refractivity contribution in [3.63, 3.8) is 0 Å². The van der Waals surface area contributed by atoms with E-state index in [9.17, 15) is 14.4 Å². The molecule has 4 rings (SSSR count). The Labute approximate surface area is 198 Å². The normalized spacial score (nSPS) is 15.3. The van der Waals surface area contributed by atoms with Crippen LogP contribution in [0.4, 0.5) is 5.69 Å². The monoisotopic (exact) mass is 458 g/mol. The number of methoxy groups -OCH3 is 1. The average Bonchev–Trinajstić information content (AvgIpc) is 3.17. The van der Waals surface area contributed by atoms with E-state index in [1.54, 1.807) is 43.5 Å². The summed E-state index contributed by atoms with van der Waals surface area (Å²) in [7, 11) is 1.55. The number of imide groups is 1. The maximum Gasteiger partial charge on any atom is 0.261 e. The molecule has 3 amide bonds. The number of benzene rings is 3. The van der Waals surface area contributed by atoms with Gasteiger partial charge < -0.3 is 14.4 Å². The van der Waals surface area contributed by atoms with Crippen LogP contribution in [0.2, 0.25) is 0 Å². The van der Waals surface area contributed by atoms with Crippen molar-refractivity contribution < 1.29 is 23.9 Å². The van der Waals surface area contributed by atoms with E-state index in [4.69, 9.17) is 9.47 Å². The summed E-state index contributed by atoms with van der Waals surface area (Å²) in [5, 5.41) is 0. The van der Waals surface area contributed by atoms with Gasteiger partial charge in [-0.25, -0.2) is 4.90 Å². The van der Waals surface area contributed by atoms with Crippen LogP contribution < -0.4 is 14.4 Å². The Balaban J connectivity index is 1.53. The average molecular weight is 459 g/mol. The Kier molecular flexibility index (Phi) is 7.22. The molecular weight excluding hydrogens is 432 g/mol. The number of rotatable bonds is 9. The molecule has 1 unspecified atom stereocenters. The molecule has 0 radical (unpaired) electrons. The van der Waals surface area contributed by atoms with Gasteiger partial charge in [-0.3, -0.25) is 14.4 Å². The van der Waals surface area contributed by atoms with Crippen LogP contribution >= 0.6 is 0 Å². The number of carbonyl (C=O) groups excluding carboxylic acids is 3. The highest BCUT2D eigenvalue weighted by Crippen LogP contribution is 2.28. The second-order valence-corrected chi connectivity index (χ2v) is 7.91. The van der Waals surface area contributed by atoms with Gasteiger partial charge >= 0.3 is 0 Å². The first kappa shape index (κ1) is 23.0. The minimum atomic E-state index is -0.884. The number of nitrogens with zero attached hydrogens (tertiary/aromatic N) is 2. The molecule has 0 bridgehead atoms. The third-order valence-electron chi connectivity index (χ3n) is 5.74. The van der Waals surface area contributed by atoms with Gasteiger partial charge in [-0.2, -0.15) is 0 Å². The molecule has 7 heteroatoms. The van der Waals surface area contributed by atoms with E-state index >= 15 is 0 Å². The summed E-state index contributed by atoms with van der Waals surface area (Å²) in [6.07, 6.45) is 0.481. The summed E-state index contributed by atoms with van der Waals surface area (Å²) in [4.78, 5) is 42.0. The molecule has 0 aromatic heterocycles. The molecule has 34 heavy (non-hydrogen) atoms. The third kappa shape index (κ3) is 5.26. The van der Waals surface area contributed by atoms with Crippen molar-refractivity contribution in [3.05, 3.63) is 90.5 Å². The minimum Gasteiger partial charge on any atom is -0.497 e. The number of anilines is 1. The van der Waals surface area contributed by atoms with Gasteiger partial charge in [-0.1, -0.05) is 48.5 Å². The lowest BCUT2D eigenvalue weighted by Gasteiger charge is -2.28. The van der Waals surface area contributed by atoms with Gasteiger partial charge in [0.1, 0.15) is 17.5 Å². The van der Waals surface area contributed by atoms with E-state index in [1.807, 2.05) is 48.5 Å². The number of hydrogen-bond donors (Lipinski definition) is 0. The van der Waals surface area contributed by atoms with Crippen LogP contribution in [0, 0.1) is 0 Å². The second kappa shape index (κ2) is 10.7. The number of hydrogen-bond acceptors (Lipinski definition) is 5. The molecule has 7 nitrogen and oxygen atoms in total. The van der Waals surface area contributed by atoms with Gasteiger partial charge in [0, 0.05) is 6.54 Å². The molecule has 1 aliphatic rings. The highest BCUT2D eigenvalue weighted by atomic mass is 16.5. The van der Waals surface area contributed by atoms with Gasteiger partial charge in [0.15, 0.2) is 6.61 Å². The molecule has 0 saturated carbocycles. The maximum absolute atomic E-state index is 13.3. The smallest absolute Gasteiger partial charge is 0.261 e. The Morgan fingerprint density at radius 1 is 0.912 bits per heavy atom. The summed E-state index contributed by atoms with van der Waals surface area (Å²) in [6, 6.07) is 24.5. The van der Waals surface area contributed by atoms with E-state index < -0.39 is 11.9 Å². The van der Waals surface area contributed by atoms with Crippen LogP contribution in [0.3, 0.4) is 0 Å². The molecule has 3 aromatic rings. The summed E-state index contributed by atoms with van der Waals surface area (Å²) < 4.78 is 10.8. The van der Waals surface area contributed by atoms with Crippen molar-refractivity contribution in [2.24, 2.45) is 0 Å². The molecule has 0 spiro atoms. The summed E-state index contributed by atoms with van der Waals surface area (Å²) in [6.45, 7) is 0.0699. The highest BCUT2D eigenvalue weighted by Gasteiger charge is 2.44. The molecule has 1 heterocycles. The third-order valence-corrected chi connectivity index (χ3v) is 5.74. The molecule has 0 aliphatic carbocycles. The number of para-hydroxylation sites is 1. The Bertz CT molecular complexity index is 1130. The van der Waals surface area contributed by atoms with E-state index in [0.29, 0.717) is 30.2 Å². The summed E-state index contributed by atoms with van der Waals surface area (Å²) in [5.74, 6) is 0.0742. The van der Waals surface area contributed by atoms with E-state index in [1.165, 1.54) is 4.90 Å². The van der Waals surface area contributed by atoms with Gasteiger partial charge in [0.25, 0.3) is 11.8 Å². The van der Waals surface area contributed by atoms with Crippen molar-refractivity contribution in [2.45, 2.75) is 18.9 Å². The van der Waals surface area contributed by atoms with Gasteiger partial charge in [-0.05, 0) is 48.4 Å². The number of ether oxygens (including phenoxy) is 2. The molecular formula is C27H26N2O5. The lowest BCUT2D eigenvalue weighted by atomic mass is 10.1. The molecule has 174 valence electrons. The predicted molar refractivity (Wildman–Crippen MR) is 128 cm³/mol. The summed E-state index contributed by atoms with van der Waals surface area (Å²) >= 11 is 0. The van der Waals surface area contributed by atoms with Crippen molar-refractivity contribution >= 4 is 23.4 Å². The predicted octanol–water partition coefficient (Wildman–Crippen LogP) is 3.48. The fraction of sp³-hybridized carbons (Fsp3) is 0.222. The van der Waals surface area contributed by atoms with Gasteiger partial charge in [0.05, 0.1) is 19.2 Å². The fourth-order valence-electron chi connectivity index (χ4n) is 3.96.